The highest BCUT2D eigenvalue weighted by Crippen LogP contribution is 2.31. The van der Waals surface area contributed by atoms with Crippen molar-refractivity contribution in [3.05, 3.63) is 33.8 Å². The zero-order valence-corrected chi connectivity index (χ0v) is 10.4. The van der Waals surface area contributed by atoms with Gasteiger partial charge in [-0.1, -0.05) is 23.2 Å². The summed E-state index contributed by atoms with van der Waals surface area (Å²) in [6.07, 6.45) is 1.43. The van der Waals surface area contributed by atoms with Gasteiger partial charge >= 0.3 is 0 Å². The number of piperidine rings is 1. The third kappa shape index (κ3) is 2.88. The summed E-state index contributed by atoms with van der Waals surface area (Å²) in [7, 11) is 0. The Kier molecular flexibility index (Phi) is 3.73. The molecule has 1 N–H and O–H groups in total. The maximum atomic E-state index is 14.4. The summed E-state index contributed by atoms with van der Waals surface area (Å²) in [6, 6.07) is 5.21. The van der Waals surface area contributed by atoms with Gasteiger partial charge in [0.15, 0.2) is 0 Å². The van der Waals surface area contributed by atoms with Crippen LogP contribution in [-0.2, 0) is 6.42 Å². The van der Waals surface area contributed by atoms with Gasteiger partial charge in [-0.15, -0.1) is 0 Å². The zero-order chi connectivity index (χ0) is 11.6. The van der Waals surface area contributed by atoms with Gasteiger partial charge in [0.2, 0.25) is 0 Å². The van der Waals surface area contributed by atoms with E-state index in [0.29, 0.717) is 29.3 Å². The largest absolute Gasteiger partial charge is 0.316 e. The van der Waals surface area contributed by atoms with Gasteiger partial charge < -0.3 is 5.32 Å². The fourth-order valence-electron chi connectivity index (χ4n) is 2.07. The molecule has 1 fully saturated rings. The van der Waals surface area contributed by atoms with E-state index in [-0.39, 0.29) is 0 Å². The summed E-state index contributed by atoms with van der Waals surface area (Å²) in [4.78, 5) is 0. The lowest BCUT2D eigenvalue weighted by molar-refractivity contribution is 0.116. The van der Waals surface area contributed by atoms with E-state index in [4.69, 9.17) is 23.2 Å². The van der Waals surface area contributed by atoms with Crippen molar-refractivity contribution in [1.29, 1.82) is 0 Å². The summed E-state index contributed by atoms with van der Waals surface area (Å²) >= 11 is 11.9. The molecule has 1 aliphatic heterocycles. The van der Waals surface area contributed by atoms with Crippen molar-refractivity contribution in [2.45, 2.75) is 24.9 Å². The fourth-order valence-corrected chi connectivity index (χ4v) is 2.45. The number of benzene rings is 1. The zero-order valence-electron chi connectivity index (χ0n) is 8.90. The van der Waals surface area contributed by atoms with Gasteiger partial charge in [0.05, 0.1) is 0 Å². The van der Waals surface area contributed by atoms with Crippen molar-refractivity contribution < 1.29 is 4.39 Å². The number of halogens is 3. The molecule has 0 aliphatic carbocycles. The smallest absolute Gasteiger partial charge is 0.117 e. The summed E-state index contributed by atoms with van der Waals surface area (Å²) in [5.74, 6) is 0. The highest BCUT2D eigenvalue weighted by atomic mass is 35.5. The molecule has 1 aromatic carbocycles. The van der Waals surface area contributed by atoms with Crippen LogP contribution in [0.15, 0.2) is 18.2 Å². The van der Waals surface area contributed by atoms with Crippen LogP contribution in [0.3, 0.4) is 0 Å². The molecule has 0 radical (unpaired) electrons. The lowest BCUT2D eigenvalue weighted by Gasteiger charge is -2.30. The van der Waals surface area contributed by atoms with Crippen LogP contribution < -0.4 is 5.32 Å². The minimum Gasteiger partial charge on any atom is -0.316 e. The van der Waals surface area contributed by atoms with E-state index in [1.165, 1.54) is 0 Å². The van der Waals surface area contributed by atoms with Crippen LogP contribution in [0.4, 0.5) is 4.39 Å². The molecule has 0 unspecified atom stereocenters. The van der Waals surface area contributed by atoms with Crippen LogP contribution in [0.1, 0.15) is 18.4 Å². The Balaban J connectivity index is 2.15. The molecule has 1 nitrogen and oxygen atoms in total. The number of hydrogen-bond donors (Lipinski definition) is 1. The number of nitrogens with one attached hydrogen (secondary N) is 1. The minimum atomic E-state index is -1.14. The molecule has 0 aromatic heterocycles. The van der Waals surface area contributed by atoms with Crippen molar-refractivity contribution in [2.24, 2.45) is 0 Å². The van der Waals surface area contributed by atoms with E-state index in [1.807, 2.05) is 0 Å². The predicted octanol–water partition coefficient (Wildman–Crippen LogP) is 3.63. The molecule has 1 saturated heterocycles. The van der Waals surface area contributed by atoms with Crippen LogP contribution in [0.5, 0.6) is 0 Å². The van der Waals surface area contributed by atoms with Crippen molar-refractivity contribution in [3.8, 4) is 0 Å². The molecule has 1 aromatic rings. The second-order valence-corrected chi connectivity index (χ2v) is 5.16. The van der Waals surface area contributed by atoms with E-state index in [1.54, 1.807) is 18.2 Å². The molecule has 2 rings (SSSR count). The maximum absolute atomic E-state index is 14.4. The Hall–Kier alpha value is -0.310. The van der Waals surface area contributed by atoms with Gasteiger partial charge in [-0.25, -0.2) is 4.39 Å². The van der Waals surface area contributed by atoms with Gasteiger partial charge in [0.25, 0.3) is 0 Å². The Morgan fingerprint density at radius 2 is 1.94 bits per heavy atom. The predicted molar refractivity (Wildman–Crippen MR) is 66.1 cm³/mol. The number of hydrogen-bond acceptors (Lipinski definition) is 1. The van der Waals surface area contributed by atoms with Crippen molar-refractivity contribution in [2.75, 3.05) is 13.1 Å². The van der Waals surface area contributed by atoms with Gasteiger partial charge in [-0.3, -0.25) is 0 Å². The third-order valence-electron chi connectivity index (χ3n) is 3.01. The van der Waals surface area contributed by atoms with Crippen LogP contribution in [0, 0.1) is 0 Å². The van der Waals surface area contributed by atoms with E-state index >= 15 is 0 Å². The number of rotatable bonds is 2. The molecule has 0 spiro atoms. The molecule has 4 heteroatoms. The van der Waals surface area contributed by atoms with Crippen LogP contribution in [-0.4, -0.2) is 18.8 Å². The Morgan fingerprint density at radius 3 is 2.62 bits per heavy atom. The van der Waals surface area contributed by atoms with Crippen LogP contribution >= 0.6 is 23.2 Å². The lowest BCUT2D eigenvalue weighted by Crippen LogP contribution is -2.40. The first kappa shape index (κ1) is 12.2. The van der Waals surface area contributed by atoms with E-state index in [9.17, 15) is 4.39 Å². The highest BCUT2D eigenvalue weighted by Gasteiger charge is 2.32. The molecular formula is C12H14Cl2FN. The molecular weight excluding hydrogens is 248 g/mol. The van der Waals surface area contributed by atoms with E-state index in [0.717, 1.165) is 18.7 Å². The molecule has 16 heavy (non-hydrogen) atoms. The summed E-state index contributed by atoms with van der Waals surface area (Å²) in [5, 5.41) is 4.36. The normalized spacial score (nSPS) is 19.7. The minimum absolute atomic E-state index is 0.355. The summed E-state index contributed by atoms with van der Waals surface area (Å²) in [5.41, 5.74) is -0.335. The van der Waals surface area contributed by atoms with Gasteiger partial charge in [-0.05, 0) is 49.7 Å². The first-order valence-corrected chi connectivity index (χ1v) is 6.18. The Labute approximate surface area is 105 Å². The fraction of sp³-hybridized carbons (Fsp3) is 0.500. The molecule has 0 saturated carbocycles. The van der Waals surface area contributed by atoms with E-state index < -0.39 is 5.67 Å². The second kappa shape index (κ2) is 4.91. The van der Waals surface area contributed by atoms with Crippen LogP contribution in [0.25, 0.3) is 0 Å². The number of alkyl halides is 1. The van der Waals surface area contributed by atoms with Gasteiger partial charge in [-0.2, -0.15) is 0 Å². The second-order valence-electron chi connectivity index (χ2n) is 4.31. The van der Waals surface area contributed by atoms with Crippen molar-refractivity contribution in [1.82, 2.24) is 5.32 Å². The first-order chi connectivity index (χ1) is 7.59. The average molecular weight is 262 g/mol. The summed E-state index contributed by atoms with van der Waals surface area (Å²) < 4.78 is 14.4. The molecule has 0 atom stereocenters. The molecule has 0 bridgehead atoms. The van der Waals surface area contributed by atoms with Crippen molar-refractivity contribution in [3.63, 3.8) is 0 Å². The quantitative estimate of drug-likeness (QED) is 0.858. The topological polar surface area (TPSA) is 12.0 Å². The molecule has 0 amide bonds. The monoisotopic (exact) mass is 261 g/mol. The van der Waals surface area contributed by atoms with Gasteiger partial charge in [0.1, 0.15) is 5.67 Å². The highest BCUT2D eigenvalue weighted by molar-refractivity contribution is 6.33. The maximum Gasteiger partial charge on any atom is 0.117 e. The van der Waals surface area contributed by atoms with E-state index in [2.05, 4.69) is 5.32 Å². The van der Waals surface area contributed by atoms with Gasteiger partial charge in [0, 0.05) is 16.5 Å². The molecule has 1 aliphatic rings. The average Bonchev–Trinajstić information content (AvgIpc) is 2.24. The first-order valence-electron chi connectivity index (χ1n) is 5.43. The van der Waals surface area contributed by atoms with Crippen molar-refractivity contribution >= 4 is 23.2 Å². The SMILES string of the molecule is FC1(Cc2cc(Cl)ccc2Cl)CCNCC1. The molecule has 88 valence electrons. The third-order valence-corrected chi connectivity index (χ3v) is 3.62. The Bertz CT molecular complexity index is 375. The summed E-state index contributed by atoms with van der Waals surface area (Å²) in [6.45, 7) is 1.46. The Morgan fingerprint density at radius 1 is 1.25 bits per heavy atom. The van der Waals surface area contributed by atoms with Crippen LogP contribution in [0.2, 0.25) is 10.0 Å². The molecule has 1 heterocycles. The lowest BCUT2D eigenvalue weighted by atomic mass is 9.88. The standard InChI is InChI=1S/C12H14Cl2FN/c13-10-1-2-11(14)9(7-10)8-12(15)3-5-16-6-4-12/h1-2,7,16H,3-6,8H2.